The first-order valence-electron chi connectivity index (χ1n) is 5.81. The quantitative estimate of drug-likeness (QED) is 0.906. The molecule has 0 aliphatic rings. The van der Waals surface area contributed by atoms with Gasteiger partial charge in [0.2, 0.25) is 0 Å². The lowest BCUT2D eigenvalue weighted by molar-refractivity contribution is -0.115. The smallest absolute Gasteiger partial charge is 0.192 e. The van der Waals surface area contributed by atoms with Gasteiger partial charge in [-0.05, 0) is 18.6 Å². The van der Waals surface area contributed by atoms with E-state index in [4.69, 9.17) is 0 Å². The van der Waals surface area contributed by atoms with E-state index in [0.717, 1.165) is 10.0 Å². The van der Waals surface area contributed by atoms with Crippen LogP contribution < -0.4 is 0 Å². The average Bonchev–Trinajstić information content (AvgIpc) is 2.13. The van der Waals surface area contributed by atoms with Crippen LogP contribution in [0.4, 0.5) is 0 Å². The third-order valence-corrected chi connectivity index (χ3v) is 4.04. The maximum atomic E-state index is 11.9. The van der Waals surface area contributed by atoms with Crippen molar-refractivity contribution in [3.05, 3.63) is 34.3 Å². The first-order chi connectivity index (χ1) is 8.12. The van der Waals surface area contributed by atoms with Crippen LogP contribution in [-0.2, 0) is 10.4 Å². The van der Waals surface area contributed by atoms with Gasteiger partial charge < -0.3 is 5.11 Å². The molecular formula is C14H19BrO2S. The van der Waals surface area contributed by atoms with E-state index in [0.29, 0.717) is 0 Å². The van der Waals surface area contributed by atoms with Gasteiger partial charge >= 0.3 is 0 Å². The molecule has 0 aromatic heterocycles. The Morgan fingerprint density at radius 3 is 2.33 bits per heavy atom. The van der Waals surface area contributed by atoms with Crippen molar-refractivity contribution >= 4 is 32.8 Å². The number of rotatable bonds is 3. The normalized spacial score (nSPS) is 15.2. The minimum Gasteiger partial charge on any atom is -0.385 e. The summed E-state index contributed by atoms with van der Waals surface area (Å²) in [5, 5.41) is 10.5. The maximum absolute atomic E-state index is 11.9. The van der Waals surface area contributed by atoms with Gasteiger partial charge in [-0.1, -0.05) is 66.7 Å². The van der Waals surface area contributed by atoms with Crippen molar-refractivity contribution in [2.24, 2.45) is 0 Å². The van der Waals surface area contributed by atoms with Gasteiger partial charge in [0.25, 0.3) is 0 Å². The number of hydrogen-bond donors (Lipinski definition) is 1. The Bertz CT molecular complexity index is 436. The molecule has 0 aliphatic heterocycles. The minimum atomic E-state index is -1.14. The van der Waals surface area contributed by atoms with Crippen molar-refractivity contribution in [2.45, 2.75) is 44.5 Å². The molecule has 1 N–H and O–H groups in total. The van der Waals surface area contributed by atoms with E-state index in [1.807, 2.05) is 45.0 Å². The molecule has 0 bridgehead atoms. The number of benzene rings is 1. The molecule has 1 atom stereocenters. The van der Waals surface area contributed by atoms with Gasteiger partial charge in [0.05, 0.1) is 5.60 Å². The summed E-state index contributed by atoms with van der Waals surface area (Å²) in [6, 6.07) is 7.44. The number of carbonyl (C=O) groups excluding carboxylic acids is 1. The molecule has 0 unspecified atom stereocenters. The topological polar surface area (TPSA) is 37.3 Å². The fraction of sp³-hybridized carbons (Fsp3) is 0.500. The SMILES string of the molecule is CC(C)(C)SC(=O)C[C@@](C)(O)c1ccccc1Br. The van der Waals surface area contributed by atoms with Gasteiger partial charge in [0.1, 0.15) is 0 Å². The lowest BCUT2D eigenvalue weighted by Crippen LogP contribution is -2.26. The molecular weight excluding hydrogens is 312 g/mol. The van der Waals surface area contributed by atoms with E-state index >= 15 is 0 Å². The van der Waals surface area contributed by atoms with Crippen molar-refractivity contribution in [3.8, 4) is 0 Å². The summed E-state index contributed by atoms with van der Waals surface area (Å²) in [5.41, 5.74) is -0.400. The molecule has 0 saturated heterocycles. The standard InChI is InChI=1S/C14H19BrO2S/c1-13(2,3)18-12(16)9-14(4,17)10-7-5-6-8-11(10)15/h5-8,17H,9H2,1-4H3/t14-/m1/s1. The molecule has 2 nitrogen and oxygen atoms in total. The van der Waals surface area contributed by atoms with E-state index in [1.165, 1.54) is 11.8 Å². The highest BCUT2D eigenvalue weighted by Crippen LogP contribution is 2.34. The van der Waals surface area contributed by atoms with Gasteiger partial charge in [-0.25, -0.2) is 0 Å². The first kappa shape index (κ1) is 15.7. The third-order valence-electron chi connectivity index (χ3n) is 2.36. The Morgan fingerprint density at radius 1 is 1.28 bits per heavy atom. The van der Waals surface area contributed by atoms with E-state index in [9.17, 15) is 9.90 Å². The molecule has 0 fully saturated rings. The van der Waals surface area contributed by atoms with Crippen LogP contribution in [0, 0.1) is 0 Å². The highest BCUT2D eigenvalue weighted by molar-refractivity contribution is 9.10. The number of carbonyl (C=O) groups is 1. The lowest BCUT2D eigenvalue weighted by Gasteiger charge is -2.25. The maximum Gasteiger partial charge on any atom is 0.192 e. The van der Waals surface area contributed by atoms with E-state index in [2.05, 4.69) is 15.9 Å². The average molecular weight is 331 g/mol. The molecule has 0 radical (unpaired) electrons. The summed E-state index contributed by atoms with van der Waals surface area (Å²) in [5.74, 6) is 0. The predicted molar refractivity (Wildman–Crippen MR) is 80.7 cm³/mol. The van der Waals surface area contributed by atoms with Crippen LogP contribution >= 0.6 is 27.7 Å². The first-order valence-corrected chi connectivity index (χ1v) is 7.42. The summed E-state index contributed by atoms with van der Waals surface area (Å²) in [4.78, 5) is 11.9. The highest BCUT2D eigenvalue weighted by atomic mass is 79.9. The Kier molecular flexibility index (Phi) is 5.04. The molecule has 4 heteroatoms. The Balaban J connectivity index is 2.83. The third kappa shape index (κ3) is 4.75. The molecule has 1 aromatic carbocycles. The number of halogens is 1. The Hall–Kier alpha value is -0.320. The molecule has 0 saturated carbocycles. The summed E-state index contributed by atoms with van der Waals surface area (Å²) in [7, 11) is 0. The van der Waals surface area contributed by atoms with E-state index in [-0.39, 0.29) is 16.3 Å². The second-order valence-corrected chi connectivity index (χ2v) is 8.26. The Morgan fingerprint density at radius 2 is 1.83 bits per heavy atom. The van der Waals surface area contributed by atoms with Gasteiger partial charge in [0, 0.05) is 15.6 Å². The van der Waals surface area contributed by atoms with Crippen molar-refractivity contribution in [3.63, 3.8) is 0 Å². The van der Waals surface area contributed by atoms with Gasteiger partial charge in [-0.15, -0.1) is 0 Å². The zero-order valence-corrected chi connectivity index (χ0v) is 13.6. The van der Waals surface area contributed by atoms with E-state index < -0.39 is 5.60 Å². The van der Waals surface area contributed by atoms with Gasteiger partial charge in [0.15, 0.2) is 5.12 Å². The Labute approximate surface area is 121 Å². The second-order valence-electron chi connectivity index (χ2n) is 5.52. The van der Waals surface area contributed by atoms with Crippen LogP contribution in [0.2, 0.25) is 0 Å². The monoisotopic (exact) mass is 330 g/mol. The number of aliphatic hydroxyl groups is 1. The molecule has 1 aromatic rings. The lowest BCUT2D eigenvalue weighted by atomic mass is 9.93. The van der Waals surface area contributed by atoms with Crippen LogP contribution in [-0.4, -0.2) is 15.0 Å². The van der Waals surface area contributed by atoms with Crippen LogP contribution in [0.15, 0.2) is 28.7 Å². The van der Waals surface area contributed by atoms with Crippen LogP contribution in [0.5, 0.6) is 0 Å². The number of hydrogen-bond acceptors (Lipinski definition) is 3. The summed E-state index contributed by atoms with van der Waals surface area (Å²) in [6.45, 7) is 7.64. The molecule has 0 aliphatic carbocycles. The van der Waals surface area contributed by atoms with Crippen molar-refractivity contribution in [2.75, 3.05) is 0 Å². The van der Waals surface area contributed by atoms with Crippen LogP contribution in [0.3, 0.4) is 0 Å². The zero-order valence-electron chi connectivity index (χ0n) is 11.2. The number of thioether (sulfide) groups is 1. The van der Waals surface area contributed by atoms with E-state index in [1.54, 1.807) is 6.92 Å². The fourth-order valence-electron chi connectivity index (χ4n) is 1.65. The highest BCUT2D eigenvalue weighted by Gasteiger charge is 2.30. The molecule has 0 amide bonds. The van der Waals surface area contributed by atoms with Crippen LogP contribution in [0.1, 0.15) is 39.7 Å². The largest absolute Gasteiger partial charge is 0.385 e. The van der Waals surface area contributed by atoms with Gasteiger partial charge in [-0.2, -0.15) is 0 Å². The molecule has 0 heterocycles. The molecule has 18 heavy (non-hydrogen) atoms. The predicted octanol–water partition coefficient (Wildman–Crippen LogP) is 4.11. The van der Waals surface area contributed by atoms with Crippen molar-refractivity contribution < 1.29 is 9.90 Å². The molecule has 100 valence electrons. The second kappa shape index (κ2) is 5.76. The van der Waals surface area contributed by atoms with Crippen molar-refractivity contribution in [1.82, 2.24) is 0 Å². The minimum absolute atomic E-state index is 0.00301. The molecule has 1 rings (SSSR count). The summed E-state index contributed by atoms with van der Waals surface area (Å²) < 4.78 is 0.699. The van der Waals surface area contributed by atoms with Gasteiger partial charge in [-0.3, -0.25) is 4.79 Å². The fourth-order valence-corrected chi connectivity index (χ4v) is 3.40. The van der Waals surface area contributed by atoms with Crippen LogP contribution in [0.25, 0.3) is 0 Å². The molecule has 0 spiro atoms. The zero-order chi connectivity index (χ0) is 14.0. The summed E-state index contributed by atoms with van der Waals surface area (Å²) >= 11 is 4.68. The van der Waals surface area contributed by atoms with Crippen molar-refractivity contribution in [1.29, 1.82) is 0 Å². The summed E-state index contributed by atoms with van der Waals surface area (Å²) in [6.07, 6.45) is 0.109.